The van der Waals surface area contributed by atoms with Crippen LogP contribution in [0.2, 0.25) is 0 Å². The molecule has 3 aromatic rings. The van der Waals surface area contributed by atoms with E-state index in [0.717, 1.165) is 19.3 Å². The number of aliphatic hydroxyl groups excluding tert-OH is 2. The Balaban J connectivity index is 1.61. The second-order valence-electron chi connectivity index (χ2n) is 10.9. The van der Waals surface area contributed by atoms with Gasteiger partial charge in [-0.3, -0.25) is 14.4 Å². The van der Waals surface area contributed by atoms with E-state index in [4.69, 9.17) is 13.9 Å². The number of para-hydroxylation sites is 1. The van der Waals surface area contributed by atoms with Crippen molar-refractivity contribution >= 4 is 29.1 Å². The highest BCUT2D eigenvalue weighted by Gasteiger charge is 2.51. The lowest BCUT2D eigenvalue weighted by Gasteiger charge is -2.40. The molecule has 0 unspecified atom stereocenters. The van der Waals surface area contributed by atoms with Gasteiger partial charge in [-0.15, -0.1) is 0 Å². The van der Waals surface area contributed by atoms with E-state index in [1.54, 1.807) is 30.3 Å². The number of carbonyl (C=O) groups is 3. The van der Waals surface area contributed by atoms with E-state index in [9.17, 15) is 29.4 Å². The summed E-state index contributed by atoms with van der Waals surface area (Å²) >= 11 is 0. The van der Waals surface area contributed by atoms with Crippen molar-refractivity contribution in [3.8, 4) is 11.5 Å². The quantitative estimate of drug-likeness (QED) is 0.161. The highest BCUT2D eigenvalue weighted by Crippen LogP contribution is 2.51. The monoisotopic (exact) mass is 604 g/mol. The number of carbonyl (C=O) groups excluding carboxylic acids is 3. The van der Waals surface area contributed by atoms with Crippen LogP contribution in [0.15, 0.2) is 63.3 Å². The largest absolute Gasteiger partial charge is 0.493 e. The normalized spacial score (nSPS) is 20.2. The second kappa shape index (κ2) is 13.4. The molecule has 0 fully saturated rings. The first kappa shape index (κ1) is 31.0. The zero-order chi connectivity index (χ0) is 31.4. The second-order valence-corrected chi connectivity index (χ2v) is 10.9. The van der Waals surface area contributed by atoms with E-state index in [2.05, 4.69) is 12.2 Å². The van der Waals surface area contributed by atoms with Gasteiger partial charge in [-0.25, -0.2) is 4.79 Å². The summed E-state index contributed by atoms with van der Waals surface area (Å²) in [5.41, 5.74) is 0.312. The predicted octanol–water partition coefficient (Wildman–Crippen LogP) is 2.96. The summed E-state index contributed by atoms with van der Waals surface area (Å²) in [6.45, 7) is 1.94. The Labute approximate surface area is 254 Å². The summed E-state index contributed by atoms with van der Waals surface area (Å²) in [4.78, 5) is 53.8. The van der Waals surface area contributed by atoms with Crippen LogP contribution in [0.3, 0.4) is 0 Å². The SMILES string of the molecule is CCCCCCN(C(=O)c1cc2ccccc2oc1=O)[C@@H]1C=C(C(=O)NCCO)[C@@H]2c3cc(C=O)cc(OC)c3O[C@@H]2[C@H]1O. The molecule has 3 N–H and O–H groups in total. The molecule has 2 aliphatic rings. The molecule has 11 heteroatoms. The zero-order valence-corrected chi connectivity index (χ0v) is 24.7. The van der Waals surface area contributed by atoms with E-state index in [-0.39, 0.29) is 42.3 Å². The van der Waals surface area contributed by atoms with Crippen molar-refractivity contribution in [2.24, 2.45) is 0 Å². The van der Waals surface area contributed by atoms with Crippen molar-refractivity contribution in [2.75, 3.05) is 26.8 Å². The van der Waals surface area contributed by atoms with E-state index in [1.807, 2.05) is 0 Å². The lowest BCUT2D eigenvalue weighted by atomic mass is 9.77. The molecule has 4 atom stereocenters. The van der Waals surface area contributed by atoms with Crippen LogP contribution in [0.4, 0.5) is 0 Å². The highest BCUT2D eigenvalue weighted by atomic mass is 16.5. The fraction of sp³-hybridized carbons (Fsp3) is 0.394. The van der Waals surface area contributed by atoms with E-state index in [1.165, 1.54) is 30.2 Å². The maximum Gasteiger partial charge on any atom is 0.349 e. The highest BCUT2D eigenvalue weighted by molar-refractivity contribution is 5.99. The molecule has 0 saturated heterocycles. The summed E-state index contributed by atoms with van der Waals surface area (Å²) in [6.07, 6.45) is 3.12. The number of nitrogens with zero attached hydrogens (tertiary/aromatic N) is 1. The fourth-order valence-electron chi connectivity index (χ4n) is 6.02. The van der Waals surface area contributed by atoms with Gasteiger partial charge in [0.05, 0.1) is 25.7 Å². The van der Waals surface area contributed by atoms with Gasteiger partial charge in [0, 0.05) is 35.2 Å². The van der Waals surface area contributed by atoms with Crippen LogP contribution in [0.1, 0.15) is 64.8 Å². The zero-order valence-electron chi connectivity index (χ0n) is 24.7. The summed E-state index contributed by atoms with van der Waals surface area (Å²) < 4.78 is 17.2. The summed E-state index contributed by atoms with van der Waals surface area (Å²) in [5.74, 6) is -1.43. The van der Waals surface area contributed by atoms with Gasteiger partial charge >= 0.3 is 5.63 Å². The number of ether oxygens (including phenoxy) is 2. The third-order valence-electron chi connectivity index (χ3n) is 8.16. The molecule has 2 aromatic carbocycles. The summed E-state index contributed by atoms with van der Waals surface area (Å²) in [5, 5.41) is 24.4. The number of fused-ring (bicyclic) bond motifs is 4. The third kappa shape index (κ3) is 5.85. The number of methoxy groups -OCH3 is 1. The third-order valence-corrected chi connectivity index (χ3v) is 8.16. The molecular weight excluding hydrogens is 568 g/mol. The van der Waals surface area contributed by atoms with Crippen molar-refractivity contribution in [1.82, 2.24) is 10.2 Å². The van der Waals surface area contributed by atoms with Crippen LogP contribution in [0.25, 0.3) is 11.0 Å². The predicted molar refractivity (Wildman–Crippen MR) is 161 cm³/mol. The molecule has 1 aromatic heterocycles. The molecule has 0 saturated carbocycles. The van der Waals surface area contributed by atoms with Crippen molar-refractivity contribution in [3.63, 3.8) is 0 Å². The molecule has 11 nitrogen and oxygen atoms in total. The van der Waals surface area contributed by atoms with Gasteiger partial charge in [0.1, 0.15) is 29.6 Å². The number of benzene rings is 2. The first-order chi connectivity index (χ1) is 21.3. The average Bonchev–Trinajstić information content (AvgIpc) is 3.43. The molecule has 2 heterocycles. The van der Waals surface area contributed by atoms with Gasteiger partial charge in [0.25, 0.3) is 5.91 Å². The Kier molecular flexibility index (Phi) is 9.46. The number of aldehydes is 1. The van der Waals surface area contributed by atoms with Crippen molar-refractivity contribution < 1.29 is 38.5 Å². The molecule has 232 valence electrons. The molecule has 1 aliphatic carbocycles. The summed E-state index contributed by atoms with van der Waals surface area (Å²) in [6, 6.07) is 10.4. The maximum atomic E-state index is 14.2. The fourth-order valence-corrected chi connectivity index (χ4v) is 6.02. The smallest absolute Gasteiger partial charge is 0.349 e. The Morgan fingerprint density at radius 3 is 2.66 bits per heavy atom. The first-order valence-corrected chi connectivity index (χ1v) is 14.8. The van der Waals surface area contributed by atoms with Crippen molar-refractivity contribution in [2.45, 2.75) is 56.8 Å². The molecule has 2 amide bonds. The lowest BCUT2D eigenvalue weighted by Crippen LogP contribution is -2.56. The van der Waals surface area contributed by atoms with Crippen LogP contribution >= 0.6 is 0 Å². The molecule has 5 rings (SSSR count). The number of aliphatic hydroxyl groups is 2. The number of unbranched alkanes of at least 4 members (excludes halogenated alkanes) is 3. The number of rotatable bonds is 12. The Hall–Kier alpha value is -4.48. The molecule has 1 aliphatic heterocycles. The first-order valence-electron chi connectivity index (χ1n) is 14.8. The van der Waals surface area contributed by atoms with Crippen LogP contribution in [-0.4, -0.2) is 78.3 Å². The molecule has 0 spiro atoms. The minimum Gasteiger partial charge on any atom is -0.493 e. The van der Waals surface area contributed by atoms with E-state index in [0.29, 0.717) is 34.8 Å². The molecule has 0 bridgehead atoms. The van der Waals surface area contributed by atoms with E-state index >= 15 is 0 Å². The van der Waals surface area contributed by atoms with Gasteiger partial charge in [-0.2, -0.15) is 0 Å². The van der Waals surface area contributed by atoms with Crippen molar-refractivity contribution in [1.29, 1.82) is 0 Å². The number of hydrogen-bond donors (Lipinski definition) is 3. The number of nitrogens with one attached hydrogen (secondary N) is 1. The van der Waals surface area contributed by atoms with Gasteiger partial charge in [-0.05, 0) is 36.8 Å². The van der Waals surface area contributed by atoms with Crippen LogP contribution < -0.4 is 20.4 Å². The van der Waals surface area contributed by atoms with Crippen LogP contribution in [0.5, 0.6) is 11.5 Å². The maximum absolute atomic E-state index is 14.2. The van der Waals surface area contributed by atoms with Gasteiger partial charge in [0.2, 0.25) is 5.91 Å². The summed E-state index contributed by atoms with van der Waals surface area (Å²) in [7, 11) is 1.42. The topological polar surface area (TPSA) is 156 Å². The Morgan fingerprint density at radius 2 is 1.93 bits per heavy atom. The lowest BCUT2D eigenvalue weighted by molar-refractivity contribution is -0.118. The van der Waals surface area contributed by atoms with Crippen molar-refractivity contribution in [3.05, 3.63) is 81.2 Å². The Bertz CT molecular complexity index is 1650. The number of amides is 2. The van der Waals surface area contributed by atoms with E-state index < -0.39 is 41.6 Å². The van der Waals surface area contributed by atoms with Crippen LogP contribution in [0, 0.1) is 0 Å². The molecular formula is C33H36N2O9. The molecule has 0 radical (unpaired) electrons. The van der Waals surface area contributed by atoms with Crippen LogP contribution in [-0.2, 0) is 4.79 Å². The number of hydrogen-bond acceptors (Lipinski definition) is 9. The van der Waals surface area contributed by atoms with Gasteiger partial charge in [-0.1, -0.05) is 44.4 Å². The average molecular weight is 605 g/mol. The van der Waals surface area contributed by atoms with Gasteiger partial charge in [0.15, 0.2) is 11.5 Å². The minimum atomic E-state index is -1.33. The molecule has 44 heavy (non-hydrogen) atoms. The minimum absolute atomic E-state index is 0.0238. The standard InChI is InChI=1S/C33H36N2O9/c1-3-4-5-8-12-35(32(40)23-16-20-9-6-7-10-25(20)43-33(23)41)24-17-22(31(39)34-11-13-36)27-21-14-19(18-37)15-26(42-2)29(21)44-30(27)28(24)38/h6-7,9-10,14-18,24,27-28,30,36,38H,3-5,8,11-13H2,1-2H3,(H,34,39)/t24-,27+,28+,30+/m1/s1. The van der Waals surface area contributed by atoms with Gasteiger partial charge < -0.3 is 34.3 Å². The Morgan fingerprint density at radius 1 is 1.14 bits per heavy atom.